The van der Waals surface area contributed by atoms with Gasteiger partial charge in [-0.1, -0.05) is 25.5 Å². The van der Waals surface area contributed by atoms with Gasteiger partial charge in [-0.3, -0.25) is 19.5 Å². The van der Waals surface area contributed by atoms with Crippen LogP contribution >= 0.6 is 22.6 Å². The minimum atomic E-state index is -0.295. The van der Waals surface area contributed by atoms with Gasteiger partial charge in [0.25, 0.3) is 0 Å². The van der Waals surface area contributed by atoms with Crippen molar-refractivity contribution in [2.45, 2.75) is 52.1 Å². The first kappa shape index (κ1) is 27.8. The number of allylic oxidation sites excluding steroid dienone is 2. The molecule has 1 aliphatic carbocycles. The van der Waals surface area contributed by atoms with E-state index in [4.69, 9.17) is 9.47 Å². The fourth-order valence-corrected chi connectivity index (χ4v) is 7.09. The number of hydrogen-bond donors (Lipinski definition) is 1. The van der Waals surface area contributed by atoms with Crippen molar-refractivity contribution in [3.05, 3.63) is 62.5 Å². The number of hydrogen-bond acceptors (Lipinski definition) is 6. The van der Waals surface area contributed by atoms with Crippen molar-refractivity contribution in [3.8, 4) is 11.5 Å². The van der Waals surface area contributed by atoms with Crippen molar-refractivity contribution >= 4 is 46.1 Å². The van der Waals surface area contributed by atoms with Gasteiger partial charge in [0.15, 0.2) is 11.5 Å². The number of aromatic hydroxyl groups is 1. The number of nitrogens with zero attached hydrogens (tertiary/aromatic N) is 2. The van der Waals surface area contributed by atoms with Gasteiger partial charge in [0.1, 0.15) is 0 Å². The second-order valence-corrected chi connectivity index (χ2v) is 11.6. The van der Waals surface area contributed by atoms with Crippen molar-refractivity contribution in [1.82, 2.24) is 9.88 Å². The summed E-state index contributed by atoms with van der Waals surface area (Å²) in [5.41, 5.74) is 5.39. The summed E-state index contributed by atoms with van der Waals surface area (Å²) >= 11 is 2.11. The average molecular weight is 643 g/mol. The third-order valence-electron chi connectivity index (χ3n) is 8.25. The van der Waals surface area contributed by atoms with Crippen molar-refractivity contribution in [2.75, 3.05) is 20.3 Å². The molecule has 0 unspecified atom stereocenters. The number of ether oxygens (including phenoxy) is 2. The molecular formula is C31H35IN2O5. The number of aromatic nitrogens is 1. The molecule has 2 aromatic rings. The molecule has 1 N–H and O–H groups in total. The number of amides is 2. The van der Waals surface area contributed by atoms with Gasteiger partial charge >= 0.3 is 0 Å². The molecule has 206 valence electrons. The molecule has 1 aromatic heterocycles. The van der Waals surface area contributed by atoms with Gasteiger partial charge in [-0.25, -0.2) is 0 Å². The van der Waals surface area contributed by atoms with E-state index in [9.17, 15) is 14.7 Å². The number of imide groups is 1. The number of benzene rings is 1. The van der Waals surface area contributed by atoms with Crippen LogP contribution in [0.5, 0.6) is 11.5 Å². The van der Waals surface area contributed by atoms with Crippen LogP contribution < -0.4 is 4.74 Å². The molecule has 7 nitrogen and oxygen atoms in total. The van der Waals surface area contributed by atoms with Crippen molar-refractivity contribution in [2.24, 2.45) is 17.8 Å². The molecule has 0 radical (unpaired) electrons. The van der Waals surface area contributed by atoms with Crippen LogP contribution in [-0.2, 0) is 14.3 Å². The van der Waals surface area contributed by atoms with Gasteiger partial charge < -0.3 is 14.6 Å². The van der Waals surface area contributed by atoms with E-state index in [0.29, 0.717) is 28.9 Å². The van der Waals surface area contributed by atoms with E-state index in [1.165, 1.54) is 16.0 Å². The first-order valence-electron chi connectivity index (χ1n) is 13.7. The van der Waals surface area contributed by atoms with E-state index in [1.54, 1.807) is 13.3 Å². The summed E-state index contributed by atoms with van der Waals surface area (Å²) in [6, 6.07) is 9.62. The maximum Gasteiger partial charge on any atom is 0.233 e. The molecule has 0 spiro atoms. The topological polar surface area (TPSA) is 89.0 Å². The van der Waals surface area contributed by atoms with Crippen LogP contribution in [0, 0.1) is 21.3 Å². The largest absolute Gasteiger partial charge is 0.504 e. The number of phenols is 1. The Labute approximate surface area is 243 Å². The molecule has 5 rings (SSSR count). The maximum atomic E-state index is 13.3. The van der Waals surface area contributed by atoms with Crippen molar-refractivity contribution in [1.29, 1.82) is 0 Å². The highest BCUT2D eigenvalue weighted by molar-refractivity contribution is 14.1. The molecule has 0 bridgehead atoms. The lowest BCUT2D eigenvalue weighted by Gasteiger charge is -2.31. The SMILES string of the molecule is CCCN1C(=O)[C@@H]2[C@@H](CC(CC)=C3[C@@H](CC/C(=C/c4cc(I)c(O)c(OC)c4)c4ccccn4)OC[C@@H]32)C1=O. The third-order valence-corrected chi connectivity index (χ3v) is 9.08. The maximum absolute atomic E-state index is 13.3. The van der Waals surface area contributed by atoms with Crippen LogP contribution in [0.3, 0.4) is 0 Å². The van der Waals surface area contributed by atoms with Crippen molar-refractivity contribution in [3.63, 3.8) is 0 Å². The number of halogens is 1. The minimum Gasteiger partial charge on any atom is -0.504 e. The highest BCUT2D eigenvalue weighted by atomic mass is 127. The molecule has 2 saturated heterocycles. The highest BCUT2D eigenvalue weighted by Gasteiger charge is 2.56. The molecule has 39 heavy (non-hydrogen) atoms. The summed E-state index contributed by atoms with van der Waals surface area (Å²) < 4.78 is 12.5. The minimum absolute atomic E-state index is 0.000343. The number of carbonyl (C=O) groups is 2. The molecule has 2 amide bonds. The predicted octanol–water partition coefficient (Wildman–Crippen LogP) is 5.86. The highest BCUT2D eigenvalue weighted by Crippen LogP contribution is 2.50. The lowest BCUT2D eigenvalue weighted by atomic mass is 9.69. The van der Waals surface area contributed by atoms with E-state index < -0.39 is 0 Å². The van der Waals surface area contributed by atoms with Gasteiger partial charge in [0.05, 0.1) is 40.9 Å². The van der Waals surface area contributed by atoms with Crippen LogP contribution in [-0.4, -0.2) is 53.2 Å². The fraction of sp³-hybridized carbons (Fsp3) is 0.452. The summed E-state index contributed by atoms with van der Waals surface area (Å²) in [5.74, 6) is -0.0155. The summed E-state index contributed by atoms with van der Waals surface area (Å²) in [7, 11) is 1.55. The lowest BCUT2D eigenvalue weighted by molar-refractivity contribution is -0.140. The van der Waals surface area contributed by atoms with Gasteiger partial charge in [0.2, 0.25) is 11.8 Å². The Balaban J connectivity index is 1.42. The Morgan fingerprint density at radius 3 is 2.74 bits per heavy atom. The summed E-state index contributed by atoms with van der Waals surface area (Å²) in [6.45, 7) is 5.12. The Morgan fingerprint density at radius 2 is 2.05 bits per heavy atom. The fourth-order valence-electron chi connectivity index (χ4n) is 6.47. The van der Waals surface area contributed by atoms with Gasteiger partial charge in [-0.15, -0.1) is 0 Å². The Bertz CT molecular complexity index is 1320. The Morgan fingerprint density at radius 1 is 1.23 bits per heavy atom. The third kappa shape index (κ3) is 5.25. The number of methoxy groups -OCH3 is 1. The zero-order valence-corrected chi connectivity index (χ0v) is 24.8. The Hall–Kier alpha value is -2.72. The van der Waals surface area contributed by atoms with Gasteiger partial charge in [0, 0.05) is 18.7 Å². The first-order chi connectivity index (χ1) is 18.9. The lowest BCUT2D eigenvalue weighted by Crippen LogP contribution is -2.34. The molecule has 1 aromatic carbocycles. The van der Waals surface area contributed by atoms with Crippen LogP contribution in [0.25, 0.3) is 11.6 Å². The zero-order valence-electron chi connectivity index (χ0n) is 22.7. The second-order valence-electron chi connectivity index (χ2n) is 10.5. The molecule has 3 heterocycles. The number of rotatable bonds is 9. The number of fused-ring (bicyclic) bond motifs is 3. The van der Waals surface area contributed by atoms with Crippen LogP contribution in [0.15, 0.2) is 47.7 Å². The van der Waals surface area contributed by atoms with E-state index in [1.807, 2.05) is 37.3 Å². The molecule has 0 saturated carbocycles. The number of phenolic OH excluding ortho intramolecular Hbond substituents is 1. The molecular weight excluding hydrogens is 607 g/mol. The quantitative estimate of drug-likeness (QED) is 0.210. The smallest absolute Gasteiger partial charge is 0.233 e. The summed E-state index contributed by atoms with van der Waals surface area (Å²) in [5, 5.41) is 10.3. The Kier molecular flexibility index (Phi) is 8.42. The van der Waals surface area contributed by atoms with E-state index in [2.05, 4.69) is 40.6 Å². The summed E-state index contributed by atoms with van der Waals surface area (Å²) in [6.07, 6.45) is 7.56. The monoisotopic (exact) mass is 642 g/mol. The van der Waals surface area contributed by atoms with Crippen LogP contribution in [0.4, 0.5) is 0 Å². The standard InChI is InChI=1S/C31H35IN2O5/c1-4-12-34-30(36)21-16-19(5-2)27-22(28(21)31(34)37)17-39-25(27)10-9-20(24-8-6-7-11-33-24)13-18-14-23(32)29(35)26(15-18)38-3/h6-8,11,13-15,21-22,25,28,35H,4-5,9-10,12,16-17H2,1-3H3/b20-13-/t21-,22+,25-,28-/m1/s1. The van der Waals surface area contributed by atoms with E-state index in [0.717, 1.165) is 42.5 Å². The second kappa shape index (κ2) is 11.8. The van der Waals surface area contributed by atoms with E-state index in [-0.39, 0.29) is 41.4 Å². The van der Waals surface area contributed by atoms with E-state index >= 15 is 0 Å². The zero-order chi connectivity index (χ0) is 27.7. The number of pyridine rings is 1. The number of carbonyl (C=O) groups excluding carboxylic acids is 2. The van der Waals surface area contributed by atoms with Crippen LogP contribution in [0.1, 0.15) is 57.2 Å². The van der Waals surface area contributed by atoms with Crippen molar-refractivity contribution < 1.29 is 24.2 Å². The normalized spacial score (nSPS) is 24.8. The predicted molar refractivity (Wildman–Crippen MR) is 158 cm³/mol. The van der Waals surface area contributed by atoms with Gasteiger partial charge in [-0.2, -0.15) is 0 Å². The number of likely N-dealkylation sites (tertiary alicyclic amines) is 1. The van der Waals surface area contributed by atoms with Crippen LogP contribution in [0.2, 0.25) is 0 Å². The molecule has 2 aliphatic heterocycles. The van der Waals surface area contributed by atoms with Gasteiger partial charge in [-0.05, 0) is 102 Å². The summed E-state index contributed by atoms with van der Waals surface area (Å²) in [4.78, 5) is 32.5. The molecule has 3 aliphatic rings. The molecule has 2 fully saturated rings. The molecule has 8 heteroatoms. The average Bonchev–Trinajstić information content (AvgIpc) is 3.47. The first-order valence-corrected chi connectivity index (χ1v) is 14.8. The molecule has 4 atom stereocenters.